The van der Waals surface area contributed by atoms with Crippen LogP contribution in [0.25, 0.3) is 0 Å². The molecule has 0 aliphatic carbocycles. The predicted octanol–water partition coefficient (Wildman–Crippen LogP) is 2.37. The van der Waals surface area contributed by atoms with Gasteiger partial charge in [-0.1, -0.05) is 19.9 Å². The lowest BCUT2D eigenvalue weighted by Crippen LogP contribution is -2.18. The van der Waals surface area contributed by atoms with Crippen LogP contribution in [0.2, 0.25) is 0 Å². The van der Waals surface area contributed by atoms with Gasteiger partial charge in [-0.15, -0.1) is 11.7 Å². The van der Waals surface area contributed by atoms with Crippen molar-refractivity contribution >= 4 is 5.95 Å². The summed E-state index contributed by atoms with van der Waals surface area (Å²) in [5.74, 6) is 0.614. The van der Waals surface area contributed by atoms with Crippen molar-refractivity contribution in [3.8, 4) is 0 Å². The monoisotopic (exact) mass is 220 g/mol. The van der Waals surface area contributed by atoms with Gasteiger partial charge < -0.3 is 5.32 Å². The van der Waals surface area contributed by atoms with Gasteiger partial charge in [0.2, 0.25) is 5.95 Å². The molecule has 1 aromatic heterocycles. The molecule has 0 aromatic carbocycles. The summed E-state index contributed by atoms with van der Waals surface area (Å²) in [5, 5.41) is 11.5. The molecule has 0 aliphatic heterocycles. The van der Waals surface area contributed by atoms with Gasteiger partial charge in [0, 0.05) is 6.04 Å². The Morgan fingerprint density at radius 2 is 1.94 bits per heavy atom. The summed E-state index contributed by atoms with van der Waals surface area (Å²) < 4.78 is 0. The molecule has 1 heterocycles. The number of nitrogens with zero attached hydrogens (tertiary/aromatic N) is 3. The second-order valence-electron chi connectivity index (χ2n) is 3.81. The molecule has 0 spiro atoms. The third kappa shape index (κ3) is 3.29. The van der Waals surface area contributed by atoms with E-state index in [1.807, 2.05) is 6.08 Å². The number of hydrogen-bond donors (Lipinski definition) is 1. The molecule has 1 rings (SSSR count). The van der Waals surface area contributed by atoms with Gasteiger partial charge in [-0.05, 0) is 26.2 Å². The standard InChI is InChI=1S/C12H20N4/c1-5-8-9(4)13-12-14-10(6-2)11(7-3)15-16-12/h5,9H,1,6-8H2,2-4H3,(H,13,14,16). The van der Waals surface area contributed by atoms with Crippen molar-refractivity contribution in [1.82, 2.24) is 15.2 Å². The van der Waals surface area contributed by atoms with Crippen molar-refractivity contribution in [2.24, 2.45) is 0 Å². The molecule has 0 fully saturated rings. The Kier molecular flexibility index (Phi) is 4.89. The highest BCUT2D eigenvalue weighted by molar-refractivity contribution is 5.27. The molecule has 0 amide bonds. The van der Waals surface area contributed by atoms with Crippen LogP contribution in [0, 0.1) is 0 Å². The average Bonchev–Trinajstić information content (AvgIpc) is 2.29. The summed E-state index contributed by atoms with van der Waals surface area (Å²) in [6.45, 7) is 9.93. The van der Waals surface area contributed by atoms with Crippen molar-refractivity contribution < 1.29 is 0 Å². The van der Waals surface area contributed by atoms with Crippen LogP contribution in [-0.2, 0) is 12.8 Å². The maximum atomic E-state index is 4.47. The molecule has 1 N–H and O–H groups in total. The van der Waals surface area contributed by atoms with Crippen molar-refractivity contribution in [2.75, 3.05) is 5.32 Å². The number of rotatable bonds is 6. The topological polar surface area (TPSA) is 50.7 Å². The number of hydrogen-bond acceptors (Lipinski definition) is 4. The zero-order valence-corrected chi connectivity index (χ0v) is 10.3. The Balaban J connectivity index is 2.78. The number of nitrogens with one attached hydrogen (secondary N) is 1. The first kappa shape index (κ1) is 12.6. The molecule has 0 saturated heterocycles. The summed E-state index contributed by atoms with van der Waals surface area (Å²) in [6, 6.07) is 0.288. The maximum Gasteiger partial charge on any atom is 0.243 e. The fraction of sp³-hybridized carbons (Fsp3) is 0.583. The average molecular weight is 220 g/mol. The van der Waals surface area contributed by atoms with E-state index in [-0.39, 0.29) is 6.04 Å². The van der Waals surface area contributed by atoms with Crippen molar-refractivity contribution in [3.05, 3.63) is 24.0 Å². The largest absolute Gasteiger partial charge is 0.350 e. The summed E-state index contributed by atoms with van der Waals surface area (Å²) in [5.41, 5.74) is 2.02. The minimum Gasteiger partial charge on any atom is -0.350 e. The lowest BCUT2D eigenvalue weighted by molar-refractivity contribution is 0.764. The molecule has 0 aliphatic rings. The predicted molar refractivity (Wildman–Crippen MR) is 66.5 cm³/mol. The number of anilines is 1. The fourth-order valence-electron chi connectivity index (χ4n) is 1.53. The first-order chi connectivity index (χ1) is 7.71. The van der Waals surface area contributed by atoms with Crippen molar-refractivity contribution in [3.63, 3.8) is 0 Å². The van der Waals surface area contributed by atoms with Crippen LogP contribution in [-0.4, -0.2) is 21.2 Å². The van der Waals surface area contributed by atoms with Gasteiger partial charge in [0.15, 0.2) is 0 Å². The third-order valence-corrected chi connectivity index (χ3v) is 2.40. The highest BCUT2D eigenvalue weighted by atomic mass is 15.2. The zero-order valence-electron chi connectivity index (χ0n) is 10.3. The van der Waals surface area contributed by atoms with E-state index in [0.717, 1.165) is 30.7 Å². The SMILES string of the molecule is C=CCC(C)Nc1nnc(CC)c(CC)n1. The van der Waals surface area contributed by atoms with E-state index in [2.05, 4.69) is 47.8 Å². The molecule has 0 radical (unpaired) electrons. The highest BCUT2D eigenvalue weighted by Crippen LogP contribution is 2.08. The van der Waals surface area contributed by atoms with Crippen LogP contribution < -0.4 is 5.32 Å². The van der Waals surface area contributed by atoms with Gasteiger partial charge in [0.1, 0.15) is 0 Å². The first-order valence-corrected chi connectivity index (χ1v) is 5.81. The van der Waals surface area contributed by atoms with Crippen molar-refractivity contribution in [1.29, 1.82) is 0 Å². The highest BCUT2D eigenvalue weighted by Gasteiger charge is 2.07. The van der Waals surface area contributed by atoms with Crippen LogP contribution in [0.5, 0.6) is 0 Å². The molecule has 1 atom stereocenters. The molecule has 88 valence electrons. The molecule has 1 aromatic rings. The third-order valence-electron chi connectivity index (χ3n) is 2.40. The fourth-order valence-corrected chi connectivity index (χ4v) is 1.53. The second kappa shape index (κ2) is 6.20. The Morgan fingerprint density at radius 1 is 1.25 bits per heavy atom. The minimum absolute atomic E-state index is 0.288. The molecule has 4 heteroatoms. The molecule has 0 bridgehead atoms. The Labute approximate surface area is 97.2 Å². The van der Waals surface area contributed by atoms with Crippen LogP contribution >= 0.6 is 0 Å². The van der Waals surface area contributed by atoms with Crippen molar-refractivity contribution in [2.45, 2.75) is 46.1 Å². The van der Waals surface area contributed by atoms with E-state index in [4.69, 9.17) is 0 Å². The van der Waals surface area contributed by atoms with Crippen LogP contribution in [0.4, 0.5) is 5.95 Å². The molecule has 4 nitrogen and oxygen atoms in total. The van der Waals surface area contributed by atoms with Crippen LogP contribution in [0.1, 0.15) is 38.6 Å². The first-order valence-electron chi connectivity index (χ1n) is 5.81. The van der Waals surface area contributed by atoms with Gasteiger partial charge in [-0.2, -0.15) is 5.10 Å². The normalized spacial score (nSPS) is 12.2. The number of aromatic nitrogens is 3. The Morgan fingerprint density at radius 3 is 2.50 bits per heavy atom. The van der Waals surface area contributed by atoms with Gasteiger partial charge >= 0.3 is 0 Å². The number of aryl methyl sites for hydroxylation is 2. The van der Waals surface area contributed by atoms with E-state index in [0.29, 0.717) is 5.95 Å². The molecular weight excluding hydrogens is 200 g/mol. The molecule has 0 saturated carbocycles. The Bertz CT molecular complexity index is 349. The smallest absolute Gasteiger partial charge is 0.243 e. The second-order valence-corrected chi connectivity index (χ2v) is 3.81. The van der Waals surface area contributed by atoms with Crippen LogP contribution in [0.3, 0.4) is 0 Å². The quantitative estimate of drug-likeness (QED) is 0.748. The summed E-state index contributed by atoms with van der Waals surface area (Å²) in [4.78, 5) is 4.47. The van der Waals surface area contributed by atoms with E-state index in [9.17, 15) is 0 Å². The summed E-state index contributed by atoms with van der Waals surface area (Å²) >= 11 is 0. The van der Waals surface area contributed by atoms with Gasteiger partial charge in [0.25, 0.3) is 0 Å². The lowest BCUT2D eigenvalue weighted by atomic mass is 10.2. The van der Waals surface area contributed by atoms with E-state index in [1.54, 1.807) is 0 Å². The van der Waals surface area contributed by atoms with E-state index in [1.165, 1.54) is 0 Å². The lowest BCUT2D eigenvalue weighted by Gasteiger charge is -2.12. The molecular formula is C12H20N4. The maximum absolute atomic E-state index is 4.47. The van der Waals surface area contributed by atoms with Gasteiger partial charge in [0.05, 0.1) is 11.4 Å². The van der Waals surface area contributed by atoms with E-state index < -0.39 is 0 Å². The van der Waals surface area contributed by atoms with Crippen LogP contribution in [0.15, 0.2) is 12.7 Å². The minimum atomic E-state index is 0.288. The van der Waals surface area contributed by atoms with Gasteiger partial charge in [-0.3, -0.25) is 0 Å². The summed E-state index contributed by atoms with van der Waals surface area (Å²) in [6.07, 6.45) is 4.54. The zero-order chi connectivity index (χ0) is 12.0. The van der Waals surface area contributed by atoms with E-state index >= 15 is 0 Å². The summed E-state index contributed by atoms with van der Waals surface area (Å²) in [7, 11) is 0. The molecule has 1 unspecified atom stereocenters. The molecule has 16 heavy (non-hydrogen) atoms. The van der Waals surface area contributed by atoms with Gasteiger partial charge in [-0.25, -0.2) is 4.98 Å². The Hall–Kier alpha value is -1.45.